The summed E-state index contributed by atoms with van der Waals surface area (Å²) in [7, 11) is 0. The second-order valence-electron chi connectivity index (χ2n) is 8.92. The summed E-state index contributed by atoms with van der Waals surface area (Å²) in [6.07, 6.45) is 8.45. The van der Waals surface area contributed by atoms with Gasteiger partial charge in [-0.3, -0.25) is 9.59 Å². The third kappa shape index (κ3) is 1.90. The second-order valence-corrected chi connectivity index (χ2v) is 10.0. The Balaban J connectivity index is 1.66. The van der Waals surface area contributed by atoms with Crippen LogP contribution in [0.5, 0.6) is 0 Å². The van der Waals surface area contributed by atoms with E-state index < -0.39 is 0 Å². The molecule has 4 saturated carbocycles. The maximum Gasteiger partial charge on any atom is 0.152 e. The molecule has 4 fully saturated rings. The van der Waals surface area contributed by atoms with Crippen molar-refractivity contribution in [3.8, 4) is 0 Å². The summed E-state index contributed by atoms with van der Waals surface area (Å²) in [6, 6.07) is 0. The van der Waals surface area contributed by atoms with Gasteiger partial charge in [0.1, 0.15) is 5.78 Å². The molecule has 0 heterocycles. The molecule has 0 amide bonds. The van der Waals surface area contributed by atoms with Crippen LogP contribution in [0.15, 0.2) is 0 Å². The summed E-state index contributed by atoms with van der Waals surface area (Å²) in [5.74, 6) is 3.57. The lowest BCUT2D eigenvalue weighted by Gasteiger charge is -2.59. The van der Waals surface area contributed by atoms with Crippen LogP contribution in [0.2, 0.25) is 0 Å². The summed E-state index contributed by atoms with van der Waals surface area (Å²) in [5.41, 5.74) is 0.272. The molecule has 4 aliphatic carbocycles. The van der Waals surface area contributed by atoms with Crippen molar-refractivity contribution in [1.82, 2.24) is 0 Å². The molecule has 0 aromatic rings. The Labute approximate surface area is 141 Å². The number of carbonyl (C=O) groups excluding carboxylic acids is 2. The van der Waals surface area contributed by atoms with Crippen LogP contribution < -0.4 is 0 Å². The van der Waals surface area contributed by atoms with Gasteiger partial charge in [0.25, 0.3) is 0 Å². The monoisotopic (exact) mass is 366 g/mol. The van der Waals surface area contributed by atoms with E-state index in [9.17, 15) is 9.59 Å². The lowest BCUT2D eigenvalue weighted by molar-refractivity contribution is -0.144. The Morgan fingerprint density at radius 1 is 1.05 bits per heavy atom. The highest BCUT2D eigenvalue weighted by atomic mass is 79.9. The number of halogens is 1. The largest absolute Gasteiger partial charge is 0.300 e. The van der Waals surface area contributed by atoms with E-state index in [4.69, 9.17) is 0 Å². The Kier molecular flexibility index (Phi) is 3.43. The van der Waals surface area contributed by atoms with Crippen LogP contribution in [0.3, 0.4) is 0 Å². The molecule has 0 radical (unpaired) electrons. The molecule has 4 rings (SSSR count). The van der Waals surface area contributed by atoms with Crippen molar-refractivity contribution in [3.63, 3.8) is 0 Å². The van der Waals surface area contributed by atoms with Crippen LogP contribution in [0.1, 0.15) is 65.2 Å². The van der Waals surface area contributed by atoms with Crippen molar-refractivity contribution in [3.05, 3.63) is 0 Å². The molecule has 7 atom stereocenters. The highest BCUT2D eigenvalue weighted by Crippen LogP contribution is 2.65. The fourth-order valence-corrected chi connectivity index (χ4v) is 7.72. The van der Waals surface area contributed by atoms with Crippen molar-refractivity contribution in [1.29, 1.82) is 0 Å². The highest BCUT2D eigenvalue weighted by molar-refractivity contribution is 9.10. The van der Waals surface area contributed by atoms with Gasteiger partial charge < -0.3 is 0 Å². The first-order chi connectivity index (χ1) is 10.4. The first-order valence-electron chi connectivity index (χ1n) is 9.06. The normalized spacial score (nSPS) is 54.6. The van der Waals surface area contributed by atoms with Gasteiger partial charge >= 0.3 is 0 Å². The maximum atomic E-state index is 12.6. The summed E-state index contributed by atoms with van der Waals surface area (Å²) in [4.78, 5) is 24.6. The van der Waals surface area contributed by atoms with E-state index in [1.807, 2.05) is 0 Å². The van der Waals surface area contributed by atoms with E-state index in [0.29, 0.717) is 34.7 Å². The molecule has 0 saturated heterocycles. The molecule has 2 nitrogen and oxygen atoms in total. The molecule has 0 spiro atoms. The molecule has 3 heteroatoms. The van der Waals surface area contributed by atoms with E-state index in [0.717, 1.165) is 38.0 Å². The highest BCUT2D eigenvalue weighted by Gasteiger charge is 2.61. The zero-order valence-corrected chi connectivity index (χ0v) is 15.3. The number of carbonyl (C=O) groups is 2. The average Bonchev–Trinajstić information content (AvgIpc) is 2.72. The number of rotatable bonds is 0. The van der Waals surface area contributed by atoms with E-state index in [1.165, 1.54) is 19.3 Å². The van der Waals surface area contributed by atoms with Gasteiger partial charge in [-0.05, 0) is 67.6 Å². The van der Waals surface area contributed by atoms with Crippen LogP contribution in [0, 0.1) is 34.5 Å². The van der Waals surface area contributed by atoms with Crippen molar-refractivity contribution < 1.29 is 9.59 Å². The van der Waals surface area contributed by atoms with Crippen LogP contribution in [-0.4, -0.2) is 16.4 Å². The van der Waals surface area contributed by atoms with E-state index in [-0.39, 0.29) is 10.2 Å². The molecule has 0 aromatic heterocycles. The van der Waals surface area contributed by atoms with Gasteiger partial charge in [-0.15, -0.1) is 0 Å². The molecule has 122 valence electrons. The summed E-state index contributed by atoms with van der Waals surface area (Å²) in [6.45, 7) is 4.70. The number of Topliss-reactive ketones (excluding diaryl/α,β-unsaturated/α-hetero) is 2. The quantitative estimate of drug-likeness (QED) is 0.589. The molecule has 22 heavy (non-hydrogen) atoms. The van der Waals surface area contributed by atoms with Gasteiger partial charge in [-0.1, -0.05) is 29.8 Å². The fraction of sp³-hybridized carbons (Fsp3) is 0.895. The maximum absolute atomic E-state index is 12.6. The summed E-state index contributed by atoms with van der Waals surface area (Å²) in [5, 5.41) is 0. The van der Waals surface area contributed by atoms with Gasteiger partial charge in [0.05, 0.1) is 4.83 Å². The minimum atomic E-state index is -0.0803. The van der Waals surface area contributed by atoms with Crippen molar-refractivity contribution in [2.45, 2.75) is 70.0 Å². The van der Waals surface area contributed by atoms with Crippen LogP contribution >= 0.6 is 15.9 Å². The van der Waals surface area contributed by atoms with Crippen molar-refractivity contribution in [2.24, 2.45) is 34.5 Å². The lowest BCUT2D eigenvalue weighted by Crippen LogP contribution is -2.53. The average molecular weight is 367 g/mol. The van der Waals surface area contributed by atoms with E-state index >= 15 is 0 Å². The second kappa shape index (κ2) is 4.91. The predicted octanol–water partition coefficient (Wildman–Crippen LogP) is 4.54. The summed E-state index contributed by atoms with van der Waals surface area (Å²) < 4.78 is 0. The third-order valence-corrected chi connectivity index (χ3v) is 8.97. The summed E-state index contributed by atoms with van der Waals surface area (Å²) >= 11 is 3.64. The number of hydrogen-bond donors (Lipinski definition) is 0. The van der Waals surface area contributed by atoms with Crippen LogP contribution in [-0.2, 0) is 9.59 Å². The van der Waals surface area contributed by atoms with Crippen molar-refractivity contribution in [2.75, 3.05) is 0 Å². The molecule has 1 unspecified atom stereocenters. The van der Waals surface area contributed by atoms with Gasteiger partial charge in [0, 0.05) is 18.3 Å². The molecule has 4 aliphatic rings. The van der Waals surface area contributed by atoms with Gasteiger partial charge in [0.2, 0.25) is 0 Å². The van der Waals surface area contributed by atoms with Crippen LogP contribution in [0.25, 0.3) is 0 Å². The zero-order valence-electron chi connectivity index (χ0n) is 13.7. The molecule has 0 aliphatic heterocycles. The van der Waals surface area contributed by atoms with Crippen molar-refractivity contribution >= 4 is 27.5 Å². The minimum absolute atomic E-state index is 0.0803. The fourth-order valence-electron chi connectivity index (χ4n) is 6.79. The number of fused-ring (bicyclic) bond motifs is 5. The Bertz CT molecular complexity index is 530. The van der Waals surface area contributed by atoms with Crippen LogP contribution in [0.4, 0.5) is 0 Å². The SMILES string of the molecule is C[C@]12CCC(=O)CC1CC[C@@H]1[C@@H]2CC[C@]2(C)C(=O)[C@@H](Br)C[C@@H]12. The molecular formula is C19H27BrO2. The number of alkyl halides is 1. The minimum Gasteiger partial charge on any atom is -0.300 e. The van der Waals surface area contributed by atoms with E-state index in [1.54, 1.807) is 0 Å². The molecule has 0 bridgehead atoms. The lowest BCUT2D eigenvalue weighted by atomic mass is 9.45. The number of ketones is 2. The Hall–Kier alpha value is -0.180. The van der Waals surface area contributed by atoms with Gasteiger partial charge in [-0.25, -0.2) is 0 Å². The molecular weight excluding hydrogens is 340 g/mol. The molecule has 0 aromatic carbocycles. The zero-order chi connectivity index (χ0) is 15.7. The van der Waals surface area contributed by atoms with E-state index in [2.05, 4.69) is 29.8 Å². The first kappa shape index (κ1) is 15.4. The Morgan fingerprint density at radius 2 is 1.82 bits per heavy atom. The first-order valence-corrected chi connectivity index (χ1v) is 9.98. The smallest absolute Gasteiger partial charge is 0.152 e. The molecule has 0 N–H and O–H groups in total. The Morgan fingerprint density at radius 3 is 2.59 bits per heavy atom. The third-order valence-electron chi connectivity index (χ3n) is 8.18. The number of hydrogen-bond acceptors (Lipinski definition) is 2. The van der Waals surface area contributed by atoms with Gasteiger partial charge in [-0.2, -0.15) is 0 Å². The topological polar surface area (TPSA) is 34.1 Å². The standard InChI is InChI=1S/C19H27BrO2/c1-18-7-5-12(21)9-11(18)3-4-13-14(18)6-8-19(2)15(13)10-16(20)17(19)22/h11,13-16H,3-10H2,1-2H3/t11?,13-,14+,15+,16+,18+,19+/m1/s1. The van der Waals surface area contributed by atoms with Gasteiger partial charge in [0.15, 0.2) is 5.78 Å². The predicted molar refractivity (Wildman–Crippen MR) is 89.8 cm³/mol.